The Morgan fingerprint density at radius 3 is 2.75 bits per heavy atom. The number of ether oxygens (including phenoxy) is 2. The second kappa shape index (κ2) is 6.99. The number of methoxy groups -OCH3 is 1. The summed E-state index contributed by atoms with van der Waals surface area (Å²) in [5, 5.41) is 13.8. The van der Waals surface area contributed by atoms with Gasteiger partial charge in [0, 0.05) is 20.1 Å². The highest BCUT2D eigenvalue weighted by Crippen LogP contribution is 2.25. The molecule has 0 saturated heterocycles. The fraction of sp³-hybridized carbons (Fsp3) is 0.667. The molecule has 0 fully saturated rings. The highest BCUT2D eigenvalue weighted by atomic mass is 16.6. The lowest BCUT2D eigenvalue weighted by Gasteiger charge is -2.22. The average Bonchev–Trinajstić information content (AvgIpc) is 2.39. The molecule has 0 unspecified atom stereocenters. The van der Waals surface area contributed by atoms with Crippen molar-refractivity contribution in [1.29, 1.82) is 0 Å². The topological polar surface area (TPSA) is 99.4 Å². The first-order valence-corrected chi connectivity index (χ1v) is 6.33. The van der Waals surface area contributed by atoms with Crippen LogP contribution in [0.25, 0.3) is 0 Å². The Hall–Kier alpha value is -1.96. The van der Waals surface area contributed by atoms with E-state index < -0.39 is 4.92 Å². The van der Waals surface area contributed by atoms with Crippen molar-refractivity contribution in [2.75, 3.05) is 25.6 Å². The zero-order valence-corrected chi connectivity index (χ0v) is 12.2. The first-order valence-electron chi connectivity index (χ1n) is 6.33. The fourth-order valence-corrected chi connectivity index (χ4v) is 1.33. The minimum Gasteiger partial charge on any atom is -0.473 e. The first kappa shape index (κ1) is 16.1. The Morgan fingerprint density at radius 1 is 1.50 bits per heavy atom. The molecular weight excluding hydrogens is 264 g/mol. The van der Waals surface area contributed by atoms with Crippen LogP contribution in [-0.4, -0.2) is 40.8 Å². The molecule has 0 bridgehead atoms. The summed E-state index contributed by atoms with van der Waals surface area (Å²) in [6, 6.07) is 0. The largest absolute Gasteiger partial charge is 0.473 e. The van der Waals surface area contributed by atoms with Crippen LogP contribution in [0.3, 0.4) is 0 Å². The van der Waals surface area contributed by atoms with Crippen molar-refractivity contribution in [2.45, 2.75) is 32.8 Å². The van der Waals surface area contributed by atoms with E-state index in [4.69, 9.17) is 9.47 Å². The highest BCUT2D eigenvalue weighted by molar-refractivity contribution is 5.43. The van der Waals surface area contributed by atoms with Crippen LogP contribution in [0.15, 0.2) is 6.20 Å². The van der Waals surface area contributed by atoms with Gasteiger partial charge in [0.1, 0.15) is 6.20 Å². The third-order valence-corrected chi connectivity index (χ3v) is 2.76. The van der Waals surface area contributed by atoms with E-state index in [1.54, 1.807) is 7.11 Å². The van der Waals surface area contributed by atoms with Crippen molar-refractivity contribution < 1.29 is 14.4 Å². The second-order valence-electron chi connectivity index (χ2n) is 4.73. The van der Waals surface area contributed by atoms with Crippen LogP contribution < -0.4 is 10.1 Å². The van der Waals surface area contributed by atoms with Gasteiger partial charge in [-0.1, -0.05) is 0 Å². The summed E-state index contributed by atoms with van der Waals surface area (Å²) < 4.78 is 10.7. The lowest BCUT2D eigenvalue weighted by atomic mass is 10.1. The summed E-state index contributed by atoms with van der Waals surface area (Å²) in [5.74, 6) is 0.270. The number of anilines is 1. The Labute approximate surface area is 117 Å². The molecule has 0 aliphatic heterocycles. The van der Waals surface area contributed by atoms with Crippen LogP contribution in [0, 0.1) is 10.1 Å². The van der Waals surface area contributed by atoms with E-state index in [2.05, 4.69) is 15.3 Å². The van der Waals surface area contributed by atoms with E-state index in [9.17, 15) is 10.1 Å². The van der Waals surface area contributed by atoms with E-state index in [0.717, 1.165) is 6.20 Å². The molecule has 0 radical (unpaired) electrons. The molecule has 0 amide bonds. The molecular formula is C12H20N4O4. The van der Waals surface area contributed by atoms with Gasteiger partial charge >= 0.3 is 5.69 Å². The van der Waals surface area contributed by atoms with E-state index in [1.165, 1.54) is 0 Å². The maximum Gasteiger partial charge on any atom is 0.349 e. The third-order valence-electron chi connectivity index (χ3n) is 2.76. The predicted octanol–water partition coefficient (Wildman–Crippen LogP) is 2.01. The van der Waals surface area contributed by atoms with Gasteiger partial charge in [0.2, 0.25) is 5.95 Å². The highest BCUT2D eigenvalue weighted by Gasteiger charge is 2.21. The Morgan fingerprint density at radius 2 is 2.20 bits per heavy atom. The van der Waals surface area contributed by atoms with Crippen LogP contribution in [0.2, 0.25) is 0 Å². The second-order valence-corrected chi connectivity index (χ2v) is 4.73. The normalized spacial score (nSPS) is 11.2. The van der Waals surface area contributed by atoms with Crippen LogP contribution in [-0.2, 0) is 4.74 Å². The van der Waals surface area contributed by atoms with Crippen molar-refractivity contribution in [1.82, 2.24) is 9.97 Å². The fourth-order valence-electron chi connectivity index (χ4n) is 1.33. The van der Waals surface area contributed by atoms with Gasteiger partial charge in [-0.05, 0) is 20.8 Å². The molecule has 0 aromatic carbocycles. The molecule has 8 nitrogen and oxygen atoms in total. The van der Waals surface area contributed by atoms with Crippen LogP contribution in [0.1, 0.15) is 27.2 Å². The standard InChI is InChI=1S/C12H20N4O4/c1-5-13-11-14-8-9(16(17)18)10(15-11)20-7-6-12(2,3)19-4/h8H,5-7H2,1-4H3,(H,13,14,15). The summed E-state index contributed by atoms with van der Waals surface area (Å²) >= 11 is 0. The zero-order chi connectivity index (χ0) is 15.2. The number of hydrogen-bond acceptors (Lipinski definition) is 7. The number of nitrogens with one attached hydrogen (secondary N) is 1. The lowest BCUT2D eigenvalue weighted by molar-refractivity contribution is -0.386. The van der Waals surface area contributed by atoms with Crippen LogP contribution in [0.4, 0.5) is 11.6 Å². The summed E-state index contributed by atoms with van der Waals surface area (Å²) in [4.78, 5) is 18.2. The van der Waals surface area contributed by atoms with Gasteiger partial charge in [0.15, 0.2) is 0 Å². The Balaban J connectivity index is 2.80. The summed E-state index contributed by atoms with van der Waals surface area (Å²) in [6.45, 7) is 6.59. The van der Waals surface area contributed by atoms with Crippen LogP contribution in [0.5, 0.6) is 5.88 Å². The molecule has 0 saturated carbocycles. The van der Waals surface area contributed by atoms with Crippen molar-refractivity contribution in [3.8, 4) is 5.88 Å². The number of nitro groups is 1. The molecule has 0 aliphatic rings. The van der Waals surface area contributed by atoms with Gasteiger partial charge in [0.05, 0.1) is 17.1 Å². The first-order chi connectivity index (χ1) is 9.39. The van der Waals surface area contributed by atoms with Crippen molar-refractivity contribution in [2.24, 2.45) is 0 Å². The number of hydrogen-bond donors (Lipinski definition) is 1. The molecule has 1 N–H and O–H groups in total. The maximum absolute atomic E-state index is 10.9. The van der Waals surface area contributed by atoms with E-state index in [-0.39, 0.29) is 23.8 Å². The lowest BCUT2D eigenvalue weighted by Crippen LogP contribution is -2.25. The van der Waals surface area contributed by atoms with Gasteiger partial charge < -0.3 is 14.8 Å². The maximum atomic E-state index is 10.9. The molecule has 1 heterocycles. The van der Waals surface area contributed by atoms with Crippen molar-refractivity contribution in [3.05, 3.63) is 16.3 Å². The molecule has 0 aliphatic carbocycles. The summed E-state index contributed by atoms with van der Waals surface area (Å²) in [5.41, 5.74) is -0.603. The van der Waals surface area contributed by atoms with Gasteiger partial charge in [-0.15, -0.1) is 0 Å². The zero-order valence-electron chi connectivity index (χ0n) is 12.2. The minimum atomic E-state index is -0.563. The monoisotopic (exact) mass is 284 g/mol. The smallest absolute Gasteiger partial charge is 0.349 e. The Bertz CT molecular complexity index is 465. The molecule has 1 rings (SSSR count). The molecule has 0 spiro atoms. The predicted molar refractivity (Wildman–Crippen MR) is 74.1 cm³/mol. The van der Waals surface area contributed by atoms with Crippen molar-refractivity contribution in [3.63, 3.8) is 0 Å². The summed E-state index contributed by atoms with van der Waals surface area (Å²) in [7, 11) is 1.61. The van der Waals surface area contributed by atoms with Gasteiger partial charge in [0.25, 0.3) is 5.88 Å². The SMILES string of the molecule is CCNc1ncc([N+](=O)[O-])c(OCCC(C)(C)OC)n1. The summed E-state index contributed by atoms with van der Waals surface area (Å²) in [6.07, 6.45) is 1.73. The molecule has 8 heteroatoms. The number of rotatable bonds is 8. The van der Waals surface area contributed by atoms with E-state index in [1.807, 2.05) is 20.8 Å². The molecule has 0 atom stereocenters. The van der Waals surface area contributed by atoms with Crippen LogP contribution >= 0.6 is 0 Å². The van der Waals surface area contributed by atoms with Gasteiger partial charge in [-0.3, -0.25) is 10.1 Å². The van der Waals surface area contributed by atoms with Gasteiger partial charge in [-0.25, -0.2) is 4.98 Å². The molecule has 1 aromatic heterocycles. The van der Waals surface area contributed by atoms with E-state index in [0.29, 0.717) is 18.9 Å². The third kappa shape index (κ3) is 4.61. The molecule has 112 valence electrons. The molecule has 20 heavy (non-hydrogen) atoms. The minimum absolute atomic E-state index is 0.0344. The average molecular weight is 284 g/mol. The van der Waals surface area contributed by atoms with Gasteiger partial charge in [-0.2, -0.15) is 4.98 Å². The molecule has 1 aromatic rings. The number of aromatic nitrogens is 2. The van der Waals surface area contributed by atoms with E-state index >= 15 is 0 Å². The Kier molecular flexibility index (Phi) is 5.63. The quantitative estimate of drug-likeness (QED) is 0.575. The van der Waals surface area contributed by atoms with Crippen molar-refractivity contribution >= 4 is 11.6 Å². The number of nitrogens with zero attached hydrogens (tertiary/aromatic N) is 3.